The van der Waals surface area contributed by atoms with E-state index in [1.54, 1.807) is 4.90 Å². The van der Waals surface area contributed by atoms with Gasteiger partial charge in [0.1, 0.15) is 5.41 Å². The van der Waals surface area contributed by atoms with Gasteiger partial charge < -0.3 is 15.4 Å². The van der Waals surface area contributed by atoms with Crippen LogP contribution in [0, 0.1) is 11.3 Å². The summed E-state index contributed by atoms with van der Waals surface area (Å²) in [6, 6.07) is 0. The van der Waals surface area contributed by atoms with Gasteiger partial charge in [0.15, 0.2) is 0 Å². The number of primary amides is 1. The Bertz CT molecular complexity index is 377. The van der Waals surface area contributed by atoms with Crippen molar-refractivity contribution >= 4 is 11.8 Å². The Morgan fingerprint density at radius 2 is 2.10 bits per heavy atom. The van der Waals surface area contributed by atoms with Gasteiger partial charge in [0.25, 0.3) is 0 Å². The third kappa shape index (κ3) is 3.32. The molecule has 1 atom stereocenters. The topological polar surface area (TPSA) is 72.6 Å². The first-order valence-corrected chi connectivity index (χ1v) is 7.66. The molecular weight excluding hydrogens is 256 g/mol. The smallest absolute Gasteiger partial charge is 0.238 e. The van der Waals surface area contributed by atoms with Crippen LogP contribution in [0.3, 0.4) is 0 Å². The van der Waals surface area contributed by atoms with Crippen LogP contribution in [0.1, 0.15) is 46.0 Å². The van der Waals surface area contributed by atoms with Gasteiger partial charge in [0.2, 0.25) is 11.8 Å². The third-order valence-electron chi connectivity index (χ3n) is 4.36. The van der Waals surface area contributed by atoms with E-state index >= 15 is 0 Å². The number of hydrogen-bond acceptors (Lipinski definition) is 3. The summed E-state index contributed by atoms with van der Waals surface area (Å²) in [5.41, 5.74) is 4.48. The molecule has 1 saturated carbocycles. The lowest BCUT2D eigenvalue weighted by molar-refractivity contribution is -0.149. The molecule has 20 heavy (non-hydrogen) atoms. The standard InChI is InChI=1S/C15H26N2O3/c1-11(2)4-3-5-12-10-17(8-9-20-12)14(19)15(6-7-15)13(16)18/h11-12H,3-10H2,1-2H3,(H2,16,18). The van der Waals surface area contributed by atoms with Crippen molar-refractivity contribution < 1.29 is 14.3 Å². The first-order chi connectivity index (χ1) is 9.45. The van der Waals surface area contributed by atoms with Crippen LogP contribution in [-0.4, -0.2) is 42.5 Å². The van der Waals surface area contributed by atoms with Gasteiger partial charge in [0, 0.05) is 13.1 Å². The van der Waals surface area contributed by atoms with E-state index in [1.165, 1.54) is 6.42 Å². The molecule has 0 radical (unpaired) electrons. The van der Waals surface area contributed by atoms with Gasteiger partial charge in [-0.1, -0.05) is 26.7 Å². The van der Waals surface area contributed by atoms with E-state index in [0.29, 0.717) is 38.5 Å². The maximum absolute atomic E-state index is 12.4. The van der Waals surface area contributed by atoms with E-state index in [4.69, 9.17) is 10.5 Å². The molecule has 1 aliphatic heterocycles. The average molecular weight is 282 g/mol. The normalized spacial score (nSPS) is 24.8. The Balaban J connectivity index is 1.84. The second-order valence-electron chi connectivity index (χ2n) is 6.52. The Labute approximate surface area is 120 Å². The van der Waals surface area contributed by atoms with Crippen molar-refractivity contribution in [1.29, 1.82) is 0 Å². The zero-order valence-corrected chi connectivity index (χ0v) is 12.6. The molecule has 2 aliphatic rings. The summed E-state index contributed by atoms with van der Waals surface area (Å²) in [5.74, 6) is 0.147. The summed E-state index contributed by atoms with van der Waals surface area (Å²) < 4.78 is 5.72. The fourth-order valence-electron chi connectivity index (χ4n) is 2.83. The first kappa shape index (κ1) is 15.3. The molecule has 5 nitrogen and oxygen atoms in total. The van der Waals surface area contributed by atoms with Crippen LogP contribution < -0.4 is 5.73 Å². The lowest BCUT2D eigenvalue weighted by Crippen LogP contribution is -2.50. The van der Waals surface area contributed by atoms with Gasteiger partial charge in [-0.3, -0.25) is 9.59 Å². The lowest BCUT2D eigenvalue weighted by Gasteiger charge is -2.34. The van der Waals surface area contributed by atoms with Crippen LogP contribution in [0.4, 0.5) is 0 Å². The highest BCUT2D eigenvalue weighted by Gasteiger charge is 2.57. The summed E-state index contributed by atoms with van der Waals surface area (Å²) in [4.78, 5) is 25.6. The van der Waals surface area contributed by atoms with Crippen molar-refractivity contribution in [2.24, 2.45) is 17.1 Å². The predicted octanol–water partition coefficient (Wildman–Crippen LogP) is 1.31. The Morgan fingerprint density at radius 3 is 2.65 bits per heavy atom. The van der Waals surface area contributed by atoms with Crippen LogP contribution >= 0.6 is 0 Å². The largest absolute Gasteiger partial charge is 0.375 e. The Kier molecular flexibility index (Phi) is 4.68. The maximum Gasteiger partial charge on any atom is 0.238 e. The maximum atomic E-state index is 12.4. The van der Waals surface area contributed by atoms with Crippen molar-refractivity contribution in [2.75, 3.05) is 19.7 Å². The fourth-order valence-corrected chi connectivity index (χ4v) is 2.83. The summed E-state index contributed by atoms with van der Waals surface area (Å²) in [6.07, 6.45) is 4.60. The number of nitrogens with zero attached hydrogens (tertiary/aromatic N) is 1. The number of carbonyl (C=O) groups excluding carboxylic acids is 2. The van der Waals surface area contributed by atoms with Crippen LogP contribution in [0.25, 0.3) is 0 Å². The lowest BCUT2D eigenvalue weighted by atomic mass is 10.0. The van der Waals surface area contributed by atoms with Gasteiger partial charge in [0.05, 0.1) is 12.7 Å². The molecule has 2 fully saturated rings. The highest BCUT2D eigenvalue weighted by atomic mass is 16.5. The van der Waals surface area contributed by atoms with Gasteiger partial charge in [-0.05, 0) is 25.2 Å². The third-order valence-corrected chi connectivity index (χ3v) is 4.36. The highest BCUT2D eigenvalue weighted by Crippen LogP contribution is 2.47. The summed E-state index contributed by atoms with van der Waals surface area (Å²) in [5, 5.41) is 0. The zero-order chi connectivity index (χ0) is 14.8. The molecule has 114 valence electrons. The number of morpholine rings is 1. The number of ether oxygens (including phenoxy) is 1. The number of carbonyl (C=O) groups is 2. The SMILES string of the molecule is CC(C)CCCC1CN(C(=O)C2(C(N)=O)CC2)CCO1. The second kappa shape index (κ2) is 6.12. The second-order valence-corrected chi connectivity index (χ2v) is 6.52. The van der Waals surface area contributed by atoms with E-state index in [-0.39, 0.29) is 12.0 Å². The molecule has 2 N–H and O–H groups in total. The van der Waals surface area contributed by atoms with Crippen LogP contribution in [0.15, 0.2) is 0 Å². The molecule has 2 amide bonds. The quantitative estimate of drug-likeness (QED) is 0.746. The van der Waals surface area contributed by atoms with Gasteiger partial charge >= 0.3 is 0 Å². The molecular formula is C15H26N2O3. The van der Waals surface area contributed by atoms with Crippen molar-refractivity contribution in [2.45, 2.75) is 52.1 Å². The average Bonchev–Trinajstić information content (AvgIpc) is 3.19. The summed E-state index contributed by atoms with van der Waals surface area (Å²) in [6.45, 7) is 6.16. The first-order valence-electron chi connectivity index (χ1n) is 7.66. The number of amides is 2. The molecule has 0 aromatic carbocycles. The van der Waals surface area contributed by atoms with Gasteiger partial charge in [-0.25, -0.2) is 0 Å². The van der Waals surface area contributed by atoms with Crippen molar-refractivity contribution in [3.05, 3.63) is 0 Å². The zero-order valence-electron chi connectivity index (χ0n) is 12.6. The summed E-state index contributed by atoms with van der Waals surface area (Å²) >= 11 is 0. The summed E-state index contributed by atoms with van der Waals surface area (Å²) in [7, 11) is 0. The number of nitrogens with two attached hydrogens (primary N) is 1. The molecule has 1 heterocycles. The van der Waals surface area contributed by atoms with E-state index in [2.05, 4.69) is 13.8 Å². The van der Waals surface area contributed by atoms with Gasteiger partial charge in [-0.15, -0.1) is 0 Å². The molecule has 1 unspecified atom stereocenters. The minimum absolute atomic E-state index is 0.0813. The predicted molar refractivity (Wildman–Crippen MR) is 75.9 cm³/mol. The molecule has 2 rings (SSSR count). The van der Waals surface area contributed by atoms with E-state index in [1.807, 2.05) is 0 Å². The van der Waals surface area contributed by atoms with E-state index in [9.17, 15) is 9.59 Å². The molecule has 0 aromatic heterocycles. The molecule has 1 saturated heterocycles. The Hall–Kier alpha value is -1.10. The number of rotatable bonds is 6. The molecule has 5 heteroatoms. The van der Waals surface area contributed by atoms with Crippen molar-refractivity contribution in [1.82, 2.24) is 4.90 Å². The van der Waals surface area contributed by atoms with Crippen LogP contribution in [0.5, 0.6) is 0 Å². The Morgan fingerprint density at radius 1 is 1.40 bits per heavy atom. The van der Waals surface area contributed by atoms with Gasteiger partial charge in [-0.2, -0.15) is 0 Å². The van der Waals surface area contributed by atoms with E-state index in [0.717, 1.165) is 12.8 Å². The molecule has 0 bridgehead atoms. The highest BCUT2D eigenvalue weighted by molar-refractivity contribution is 6.07. The van der Waals surface area contributed by atoms with Crippen LogP contribution in [-0.2, 0) is 14.3 Å². The molecule has 1 aliphatic carbocycles. The minimum Gasteiger partial charge on any atom is -0.375 e. The fraction of sp³-hybridized carbons (Fsp3) is 0.867. The van der Waals surface area contributed by atoms with E-state index < -0.39 is 11.3 Å². The van der Waals surface area contributed by atoms with Crippen molar-refractivity contribution in [3.8, 4) is 0 Å². The van der Waals surface area contributed by atoms with Crippen LogP contribution in [0.2, 0.25) is 0 Å². The molecule has 0 aromatic rings. The molecule has 0 spiro atoms. The minimum atomic E-state index is -0.889. The number of hydrogen-bond donors (Lipinski definition) is 1. The van der Waals surface area contributed by atoms with Crippen molar-refractivity contribution in [3.63, 3.8) is 0 Å². The monoisotopic (exact) mass is 282 g/mol.